The predicted molar refractivity (Wildman–Crippen MR) is 91.8 cm³/mol. The van der Waals surface area contributed by atoms with E-state index in [1.165, 1.54) is 5.57 Å². The van der Waals surface area contributed by atoms with Gasteiger partial charge in [0.15, 0.2) is 0 Å². The summed E-state index contributed by atoms with van der Waals surface area (Å²) in [6, 6.07) is 0. The van der Waals surface area contributed by atoms with Gasteiger partial charge in [0.2, 0.25) is 5.91 Å². The van der Waals surface area contributed by atoms with Crippen LogP contribution in [0.5, 0.6) is 0 Å². The first-order valence-electron chi connectivity index (χ1n) is 9.53. The van der Waals surface area contributed by atoms with Gasteiger partial charge in [0.1, 0.15) is 16.6 Å². The van der Waals surface area contributed by atoms with Crippen LogP contribution in [0.1, 0.15) is 34.1 Å². The van der Waals surface area contributed by atoms with Crippen LogP contribution in [0.3, 0.4) is 0 Å². The third-order valence-corrected chi connectivity index (χ3v) is 7.64. The summed E-state index contributed by atoms with van der Waals surface area (Å²) in [6.45, 7) is 9.97. The first-order chi connectivity index (χ1) is 11.8. The first-order valence-corrected chi connectivity index (χ1v) is 9.53. The Balaban J connectivity index is 1.87. The number of fused-ring (bicyclic) bond motifs is 1. The molecule has 1 saturated carbocycles. The largest absolute Gasteiger partial charge is 0.389 e. The smallest absolute Gasteiger partial charge is 0.237 e. The first kappa shape index (κ1) is 16.0. The minimum Gasteiger partial charge on any atom is -0.389 e. The van der Waals surface area contributed by atoms with Gasteiger partial charge in [-0.25, -0.2) is 0 Å². The number of aliphatic hydroxyl groups is 1. The number of hydrogen-bond donors (Lipinski definition) is 1. The zero-order chi connectivity index (χ0) is 17.8. The molecule has 1 aliphatic carbocycles. The lowest BCUT2D eigenvalue weighted by molar-refractivity contribution is -0.150. The second kappa shape index (κ2) is 4.56. The summed E-state index contributed by atoms with van der Waals surface area (Å²) in [5.74, 6) is 0.501. The molecular formula is C20H27NO4. The summed E-state index contributed by atoms with van der Waals surface area (Å²) in [7, 11) is 0. The van der Waals surface area contributed by atoms with E-state index >= 15 is 0 Å². The predicted octanol–water partition coefficient (Wildman–Crippen LogP) is 1.66. The lowest BCUT2D eigenvalue weighted by atomic mass is 9.60. The molecule has 4 bridgehead atoms. The molecule has 0 radical (unpaired) electrons. The number of nitrogens with zero attached hydrogens (tertiary/aromatic N) is 1. The van der Waals surface area contributed by atoms with Gasteiger partial charge in [0, 0.05) is 6.54 Å². The number of hydrogen-bond acceptors (Lipinski definition) is 4. The molecule has 0 unspecified atom stereocenters. The van der Waals surface area contributed by atoms with Gasteiger partial charge >= 0.3 is 0 Å². The number of carbonyl (C=O) groups is 1. The molecule has 5 heterocycles. The van der Waals surface area contributed by atoms with Crippen LogP contribution in [-0.2, 0) is 14.3 Å². The van der Waals surface area contributed by atoms with E-state index in [1.54, 1.807) is 0 Å². The number of rotatable bonds is 2. The maximum atomic E-state index is 13.9. The van der Waals surface area contributed by atoms with Gasteiger partial charge in [-0.15, -0.1) is 0 Å². The van der Waals surface area contributed by atoms with Crippen LogP contribution in [0.25, 0.3) is 0 Å². The molecule has 25 heavy (non-hydrogen) atoms. The highest BCUT2D eigenvalue weighted by Crippen LogP contribution is 2.66. The molecule has 3 spiro atoms. The van der Waals surface area contributed by atoms with Crippen LogP contribution in [0.2, 0.25) is 0 Å². The van der Waals surface area contributed by atoms with E-state index in [2.05, 4.69) is 32.9 Å². The molecule has 5 heteroatoms. The van der Waals surface area contributed by atoms with Crippen LogP contribution in [0.15, 0.2) is 23.3 Å². The summed E-state index contributed by atoms with van der Waals surface area (Å²) in [5, 5.41) is 10.9. The van der Waals surface area contributed by atoms with E-state index in [9.17, 15) is 9.90 Å². The highest BCUT2D eigenvalue weighted by molar-refractivity contribution is 5.93. The molecule has 6 aliphatic rings. The Morgan fingerprint density at radius 1 is 1.40 bits per heavy atom. The van der Waals surface area contributed by atoms with Crippen LogP contribution in [0.4, 0.5) is 0 Å². The maximum Gasteiger partial charge on any atom is 0.237 e. The zero-order valence-electron chi connectivity index (χ0n) is 15.4. The molecule has 0 aromatic heterocycles. The molecule has 5 nitrogen and oxygen atoms in total. The fourth-order valence-corrected chi connectivity index (χ4v) is 6.57. The van der Waals surface area contributed by atoms with E-state index in [1.807, 2.05) is 11.8 Å². The van der Waals surface area contributed by atoms with Crippen molar-refractivity contribution in [1.82, 2.24) is 4.90 Å². The summed E-state index contributed by atoms with van der Waals surface area (Å²) in [5.41, 5.74) is 0.0627. The Labute approximate surface area is 148 Å². The fraction of sp³-hybridized carbons (Fsp3) is 0.750. The summed E-state index contributed by atoms with van der Waals surface area (Å²) in [6.07, 6.45) is 4.07. The van der Waals surface area contributed by atoms with Crippen molar-refractivity contribution in [2.75, 3.05) is 19.8 Å². The fourth-order valence-electron chi connectivity index (χ4n) is 6.57. The third-order valence-electron chi connectivity index (χ3n) is 7.64. The van der Waals surface area contributed by atoms with Gasteiger partial charge < -0.3 is 19.5 Å². The number of ether oxygens (including phenoxy) is 2. The van der Waals surface area contributed by atoms with E-state index in [0.717, 1.165) is 5.57 Å². The molecule has 2 saturated heterocycles. The molecule has 3 fully saturated rings. The molecule has 5 aliphatic heterocycles. The third kappa shape index (κ3) is 1.41. The number of likely N-dealkylation sites (N-methyl/N-ethyl adjacent to an activating group) is 1. The Bertz CT molecular complexity index is 727. The summed E-state index contributed by atoms with van der Waals surface area (Å²) >= 11 is 0. The molecule has 0 aromatic rings. The van der Waals surface area contributed by atoms with E-state index in [4.69, 9.17) is 9.47 Å². The van der Waals surface area contributed by atoms with Gasteiger partial charge in [-0.05, 0) is 43.3 Å². The van der Waals surface area contributed by atoms with Gasteiger partial charge in [-0.3, -0.25) is 4.79 Å². The van der Waals surface area contributed by atoms with E-state index < -0.39 is 22.7 Å². The molecule has 6 rings (SSSR count). The Morgan fingerprint density at radius 3 is 2.84 bits per heavy atom. The average molecular weight is 345 g/mol. The number of carbonyl (C=O) groups excluding carboxylic acids is 1. The van der Waals surface area contributed by atoms with Gasteiger partial charge in [0.05, 0.1) is 25.4 Å². The second-order valence-electron chi connectivity index (χ2n) is 8.75. The monoisotopic (exact) mass is 345 g/mol. The standard InChI is InChI=1S/C20H27NO4/c1-5-21-17(23)20-13(11(2)3)7-15(22)14(20)8-18(21)9-24-10-19(18)12(4)6-16(20)25-19/h6,8,11,13,15-16,22H,5,7,9-10H2,1-4H3/t13-,15-,16-,18+,19+,20+/m1/s1. The van der Waals surface area contributed by atoms with Crippen LogP contribution in [-0.4, -0.2) is 59.0 Å². The Kier molecular flexibility index (Phi) is 2.93. The quantitative estimate of drug-likeness (QED) is 0.774. The molecule has 0 aromatic carbocycles. The minimum atomic E-state index is -0.760. The van der Waals surface area contributed by atoms with Crippen molar-refractivity contribution in [2.24, 2.45) is 17.3 Å². The maximum absolute atomic E-state index is 13.9. The highest BCUT2D eigenvalue weighted by Gasteiger charge is 2.77. The van der Waals surface area contributed by atoms with E-state index in [0.29, 0.717) is 32.1 Å². The van der Waals surface area contributed by atoms with Crippen molar-refractivity contribution >= 4 is 5.91 Å². The normalized spacial score (nSPS) is 50.1. The number of amides is 1. The highest BCUT2D eigenvalue weighted by atomic mass is 16.6. The van der Waals surface area contributed by atoms with Crippen molar-refractivity contribution in [2.45, 2.75) is 57.5 Å². The summed E-state index contributed by atoms with van der Waals surface area (Å²) in [4.78, 5) is 15.9. The Hall–Kier alpha value is -1.17. The molecule has 1 N–H and O–H groups in total. The minimum absolute atomic E-state index is 0.0802. The molecular weight excluding hydrogens is 318 g/mol. The lowest BCUT2D eigenvalue weighted by Crippen LogP contribution is -2.68. The molecule has 136 valence electrons. The average Bonchev–Trinajstić information content (AvgIpc) is 3.14. The SMILES string of the molecule is CCN1C(=O)[C@@]23C(=C[C@@]14COC[C@@]41O[C@@H]2C=C1C)[C@H](O)C[C@@H]3C(C)C. The van der Waals surface area contributed by atoms with Gasteiger partial charge in [0.25, 0.3) is 0 Å². The van der Waals surface area contributed by atoms with E-state index in [-0.39, 0.29) is 17.9 Å². The second-order valence-corrected chi connectivity index (χ2v) is 8.75. The van der Waals surface area contributed by atoms with Crippen LogP contribution >= 0.6 is 0 Å². The summed E-state index contributed by atoms with van der Waals surface area (Å²) < 4.78 is 12.6. The van der Waals surface area contributed by atoms with Crippen LogP contribution in [0, 0.1) is 17.3 Å². The van der Waals surface area contributed by atoms with Crippen molar-refractivity contribution < 1.29 is 19.4 Å². The van der Waals surface area contributed by atoms with Crippen molar-refractivity contribution in [3.8, 4) is 0 Å². The van der Waals surface area contributed by atoms with Crippen LogP contribution < -0.4 is 0 Å². The lowest BCUT2D eigenvalue weighted by Gasteiger charge is -2.52. The van der Waals surface area contributed by atoms with Crippen molar-refractivity contribution in [1.29, 1.82) is 0 Å². The molecule has 6 atom stereocenters. The molecule has 1 amide bonds. The van der Waals surface area contributed by atoms with Crippen molar-refractivity contribution in [3.63, 3.8) is 0 Å². The topological polar surface area (TPSA) is 59.0 Å². The van der Waals surface area contributed by atoms with Gasteiger partial charge in [-0.1, -0.05) is 26.0 Å². The number of aliphatic hydroxyl groups excluding tert-OH is 1. The zero-order valence-corrected chi connectivity index (χ0v) is 15.4. The van der Waals surface area contributed by atoms with Gasteiger partial charge in [-0.2, -0.15) is 0 Å². The Morgan fingerprint density at radius 2 is 2.16 bits per heavy atom. The van der Waals surface area contributed by atoms with Crippen molar-refractivity contribution in [3.05, 3.63) is 23.3 Å².